The standard InChI is InChI=1S/C14H23NO/c1-5-12(3)15(4)10-14(16)13-8-6-7-11(2)9-13/h6-9,12,14,16H,5,10H2,1-4H3. The van der Waals surface area contributed by atoms with Crippen molar-refractivity contribution in [3.05, 3.63) is 35.4 Å². The van der Waals surface area contributed by atoms with Gasteiger partial charge in [0.05, 0.1) is 6.10 Å². The quantitative estimate of drug-likeness (QED) is 0.826. The number of aliphatic hydroxyl groups is 1. The van der Waals surface area contributed by atoms with E-state index in [0.717, 1.165) is 12.0 Å². The van der Waals surface area contributed by atoms with E-state index in [1.807, 2.05) is 12.1 Å². The lowest BCUT2D eigenvalue weighted by molar-refractivity contribution is 0.107. The van der Waals surface area contributed by atoms with Gasteiger partial charge in [-0.05, 0) is 32.9 Å². The first-order valence-corrected chi connectivity index (χ1v) is 5.99. The molecule has 2 atom stereocenters. The van der Waals surface area contributed by atoms with Gasteiger partial charge in [-0.25, -0.2) is 0 Å². The molecule has 0 aliphatic heterocycles. The predicted molar refractivity (Wildman–Crippen MR) is 68.5 cm³/mol. The maximum atomic E-state index is 10.1. The highest BCUT2D eigenvalue weighted by Crippen LogP contribution is 2.16. The lowest BCUT2D eigenvalue weighted by Crippen LogP contribution is -2.32. The first kappa shape index (κ1) is 13.2. The second-order valence-corrected chi connectivity index (χ2v) is 4.63. The van der Waals surface area contributed by atoms with Crippen molar-refractivity contribution in [3.63, 3.8) is 0 Å². The number of aliphatic hydroxyl groups excluding tert-OH is 1. The smallest absolute Gasteiger partial charge is 0.0917 e. The molecule has 2 unspecified atom stereocenters. The second kappa shape index (κ2) is 6.02. The highest BCUT2D eigenvalue weighted by atomic mass is 16.3. The van der Waals surface area contributed by atoms with Crippen LogP contribution in [0.15, 0.2) is 24.3 Å². The minimum Gasteiger partial charge on any atom is -0.387 e. The van der Waals surface area contributed by atoms with E-state index >= 15 is 0 Å². The zero-order valence-corrected chi connectivity index (χ0v) is 10.8. The highest BCUT2D eigenvalue weighted by Gasteiger charge is 2.13. The molecule has 1 rings (SSSR count). The SMILES string of the molecule is CCC(C)N(C)CC(O)c1cccc(C)c1. The maximum absolute atomic E-state index is 10.1. The molecule has 2 heteroatoms. The molecule has 16 heavy (non-hydrogen) atoms. The molecule has 0 aromatic heterocycles. The molecule has 0 saturated carbocycles. The average molecular weight is 221 g/mol. The number of rotatable bonds is 5. The van der Waals surface area contributed by atoms with Crippen molar-refractivity contribution in [3.8, 4) is 0 Å². The molecule has 1 aromatic carbocycles. The Morgan fingerprint density at radius 1 is 1.38 bits per heavy atom. The zero-order valence-electron chi connectivity index (χ0n) is 10.8. The van der Waals surface area contributed by atoms with Gasteiger partial charge in [-0.1, -0.05) is 36.8 Å². The molecule has 0 bridgehead atoms. The van der Waals surface area contributed by atoms with Gasteiger partial charge < -0.3 is 10.0 Å². The van der Waals surface area contributed by atoms with E-state index in [0.29, 0.717) is 12.6 Å². The zero-order chi connectivity index (χ0) is 12.1. The van der Waals surface area contributed by atoms with Crippen molar-refractivity contribution in [1.29, 1.82) is 0 Å². The van der Waals surface area contributed by atoms with E-state index in [4.69, 9.17) is 0 Å². The Hall–Kier alpha value is -0.860. The Balaban J connectivity index is 2.61. The summed E-state index contributed by atoms with van der Waals surface area (Å²) >= 11 is 0. The largest absolute Gasteiger partial charge is 0.387 e. The number of hydrogen-bond donors (Lipinski definition) is 1. The molecule has 0 heterocycles. The molecule has 2 nitrogen and oxygen atoms in total. The van der Waals surface area contributed by atoms with E-state index in [1.54, 1.807) is 0 Å². The summed E-state index contributed by atoms with van der Waals surface area (Å²) in [6, 6.07) is 8.60. The number of aryl methyl sites for hydroxylation is 1. The molecule has 1 aromatic rings. The van der Waals surface area contributed by atoms with Gasteiger partial charge in [0.15, 0.2) is 0 Å². The van der Waals surface area contributed by atoms with E-state index in [2.05, 4.69) is 44.9 Å². The van der Waals surface area contributed by atoms with Crippen LogP contribution >= 0.6 is 0 Å². The summed E-state index contributed by atoms with van der Waals surface area (Å²) in [5.41, 5.74) is 2.21. The third-order valence-corrected chi connectivity index (χ3v) is 3.23. The summed E-state index contributed by atoms with van der Waals surface area (Å²) in [4.78, 5) is 2.20. The number of nitrogens with zero attached hydrogens (tertiary/aromatic N) is 1. The molecule has 90 valence electrons. The van der Waals surface area contributed by atoms with Crippen molar-refractivity contribution in [2.75, 3.05) is 13.6 Å². The summed E-state index contributed by atoms with van der Waals surface area (Å²) < 4.78 is 0. The first-order chi connectivity index (χ1) is 7.54. The molecule has 0 spiro atoms. The van der Waals surface area contributed by atoms with Crippen LogP contribution < -0.4 is 0 Å². The summed E-state index contributed by atoms with van der Waals surface area (Å²) in [6.07, 6.45) is 0.718. The molecule has 0 fully saturated rings. The van der Waals surface area contributed by atoms with Gasteiger partial charge in [0.1, 0.15) is 0 Å². The molecule has 0 saturated heterocycles. The summed E-state index contributed by atoms with van der Waals surface area (Å²) in [6.45, 7) is 7.09. The highest BCUT2D eigenvalue weighted by molar-refractivity contribution is 5.24. The van der Waals surface area contributed by atoms with Crippen molar-refractivity contribution < 1.29 is 5.11 Å². The molecule has 0 radical (unpaired) electrons. The molecule has 0 aliphatic rings. The van der Waals surface area contributed by atoms with E-state index in [-0.39, 0.29) is 6.10 Å². The average Bonchev–Trinajstić information content (AvgIpc) is 2.27. The third-order valence-electron chi connectivity index (χ3n) is 3.23. The van der Waals surface area contributed by atoms with Gasteiger partial charge in [-0.3, -0.25) is 0 Å². The Kier molecular flexibility index (Phi) is 4.97. The van der Waals surface area contributed by atoms with Crippen LogP contribution in [0.5, 0.6) is 0 Å². The van der Waals surface area contributed by atoms with Crippen LogP contribution in [0, 0.1) is 6.92 Å². The minimum absolute atomic E-state index is 0.390. The van der Waals surface area contributed by atoms with Crippen LogP contribution in [0.3, 0.4) is 0 Å². The van der Waals surface area contributed by atoms with E-state index in [9.17, 15) is 5.11 Å². The molecular formula is C14H23NO. The van der Waals surface area contributed by atoms with Crippen LogP contribution in [0.4, 0.5) is 0 Å². The second-order valence-electron chi connectivity index (χ2n) is 4.63. The van der Waals surface area contributed by atoms with Crippen molar-refractivity contribution >= 4 is 0 Å². The lowest BCUT2D eigenvalue weighted by atomic mass is 10.1. The van der Waals surface area contributed by atoms with Crippen LogP contribution in [0.25, 0.3) is 0 Å². The van der Waals surface area contributed by atoms with Crippen LogP contribution in [-0.2, 0) is 0 Å². The number of likely N-dealkylation sites (N-methyl/N-ethyl adjacent to an activating group) is 1. The first-order valence-electron chi connectivity index (χ1n) is 5.99. The third kappa shape index (κ3) is 3.62. The van der Waals surface area contributed by atoms with E-state index < -0.39 is 0 Å². The van der Waals surface area contributed by atoms with Gasteiger partial charge in [0, 0.05) is 12.6 Å². The van der Waals surface area contributed by atoms with Gasteiger partial charge in [0.25, 0.3) is 0 Å². The fourth-order valence-corrected chi connectivity index (χ4v) is 1.75. The normalized spacial score (nSPS) is 15.1. The Bertz CT molecular complexity index is 324. The number of benzene rings is 1. The van der Waals surface area contributed by atoms with E-state index in [1.165, 1.54) is 5.56 Å². The Morgan fingerprint density at radius 2 is 2.06 bits per heavy atom. The Labute approximate surface area is 98.9 Å². The van der Waals surface area contributed by atoms with Crippen molar-refractivity contribution in [2.24, 2.45) is 0 Å². The molecule has 0 amide bonds. The van der Waals surface area contributed by atoms with Crippen LogP contribution in [0.2, 0.25) is 0 Å². The molecule has 1 N–H and O–H groups in total. The maximum Gasteiger partial charge on any atom is 0.0917 e. The summed E-state index contributed by atoms with van der Waals surface area (Å²) in [5.74, 6) is 0. The van der Waals surface area contributed by atoms with Gasteiger partial charge in [0.2, 0.25) is 0 Å². The Morgan fingerprint density at radius 3 is 2.62 bits per heavy atom. The number of hydrogen-bond acceptors (Lipinski definition) is 2. The lowest BCUT2D eigenvalue weighted by Gasteiger charge is -2.26. The fourth-order valence-electron chi connectivity index (χ4n) is 1.75. The van der Waals surface area contributed by atoms with Crippen molar-refractivity contribution in [1.82, 2.24) is 4.90 Å². The molecule has 0 aliphatic carbocycles. The fraction of sp³-hybridized carbons (Fsp3) is 0.571. The monoisotopic (exact) mass is 221 g/mol. The van der Waals surface area contributed by atoms with Gasteiger partial charge >= 0.3 is 0 Å². The topological polar surface area (TPSA) is 23.5 Å². The van der Waals surface area contributed by atoms with Gasteiger partial charge in [-0.2, -0.15) is 0 Å². The summed E-state index contributed by atoms with van der Waals surface area (Å²) in [7, 11) is 2.06. The van der Waals surface area contributed by atoms with Gasteiger partial charge in [-0.15, -0.1) is 0 Å². The van der Waals surface area contributed by atoms with Crippen molar-refractivity contribution in [2.45, 2.75) is 39.3 Å². The molecular weight excluding hydrogens is 198 g/mol. The minimum atomic E-state index is -0.390. The van der Waals surface area contributed by atoms with Crippen LogP contribution in [-0.4, -0.2) is 29.6 Å². The predicted octanol–water partition coefficient (Wildman–Crippen LogP) is 2.76. The van der Waals surface area contributed by atoms with Crippen LogP contribution in [0.1, 0.15) is 37.5 Å². The summed E-state index contributed by atoms with van der Waals surface area (Å²) in [5, 5.41) is 10.1.